The van der Waals surface area contributed by atoms with E-state index in [2.05, 4.69) is 80.8 Å². The van der Waals surface area contributed by atoms with Crippen molar-refractivity contribution in [1.29, 1.82) is 0 Å². The fourth-order valence-corrected chi connectivity index (χ4v) is 6.05. The van der Waals surface area contributed by atoms with E-state index in [1.165, 1.54) is 27.7 Å². The van der Waals surface area contributed by atoms with E-state index in [1.54, 1.807) is 6.92 Å². The zero-order valence-corrected chi connectivity index (χ0v) is 20.2. The van der Waals surface area contributed by atoms with E-state index < -0.39 is 0 Å². The number of nitrogens with zero attached hydrogens (tertiary/aromatic N) is 2. The number of hydrogen-bond donors (Lipinski definition) is 2. The van der Waals surface area contributed by atoms with Crippen LogP contribution in [0.1, 0.15) is 42.6 Å². The predicted octanol–water partition coefficient (Wildman–Crippen LogP) is 5.82. The fourth-order valence-electron chi connectivity index (χ4n) is 6.05. The van der Waals surface area contributed by atoms with Crippen LogP contribution in [0.15, 0.2) is 78.9 Å². The normalized spacial score (nSPS) is 19.7. The van der Waals surface area contributed by atoms with Gasteiger partial charge < -0.3 is 15.2 Å². The summed E-state index contributed by atoms with van der Waals surface area (Å²) in [7, 11) is 0. The first-order chi connectivity index (χ1) is 17.2. The van der Waals surface area contributed by atoms with Crippen molar-refractivity contribution in [2.24, 2.45) is 0 Å². The van der Waals surface area contributed by atoms with Gasteiger partial charge in [0, 0.05) is 60.6 Å². The molecule has 2 atom stereocenters. The summed E-state index contributed by atoms with van der Waals surface area (Å²) in [6, 6.07) is 28.6. The molecule has 3 aromatic carbocycles. The molecule has 0 radical (unpaired) electrons. The summed E-state index contributed by atoms with van der Waals surface area (Å²) in [5.41, 5.74) is 7.62. The Balaban J connectivity index is 1.33. The highest BCUT2D eigenvalue weighted by molar-refractivity contribution is 5.89. The number of para-hydroxylation sites is 1. The van der Waals surface area contributed by atoms with Gasteiger partial charge in [-0.3, -0.25) is 9.69 Å². The summed E-state index contributed by atoms with van der Waals surface area (Å²) in [5.74, 6) is -0.0450. The molecular weight excluding hydrogens is 432 g/mol. The average Bonchev–Trinajstić information content (AvgIpc) is 3.18. The van der Waals surface area contributed by atoms with Crippen LogP contribution in [0.4, 0.5) is 11.4 Å². The molecule has 1 saturated heterocycles. The van der Waals surface area contributed by atoms with Crippen LogP contribution in [0, 0.1) is 0 Å². The molecule has 2 aliphatic rings. The van der Waals surface area contributed by atoms with E-state index >= 15 is 0 Å². The Labute approximate surface area is 206 Å². The van der Waals surface area contributed by atoms with Gasteiger partial charge in [0.1, 0.15) is 0 Å². The molecule has 178 valence electrons. The molecule has 0 aliphatic carbocycles. The lowest BCUT2D eigenvalue weighted by molar-refractivity contribution is -0.114. The number of amides is 1. The lowest BCUT2D eigenvalue weighted by Gasteiger charge is -2.43. The van der Waals surface area contributed by atoms with Crippen LogP contribution < -0.4 is 10.6 Å². The van der Waals surface area contributed by atoms with Crippen molar-refractivity contribution < 1.29 is 4.79 Å². The fraction of sp³-hybridized carbons (Fsp3) is 0.300. The molecule has 0 saturated carbocycles. The van der Waals surface area contributed by atoms with Gasteiger partial charge in [-0.05, 0) is 54.7 Å². The minimum Gasteiger partial charge on any atom is -0.382 e. The minimum atomic E-state index is -0.0450. The molecule has 3 heterocycles. The molecule has 2 N–H and O–H groups in total. The van der Waals surface area contributed by atoms with Crippen LogP contribution >= 0.6 is 0 Å². The maximum atomic E-state index is 11.5. The first-order valence-electron chi connectivity index (χ1n) is 12.7. The molecule has 1 fully saturated rings. The number of nitrogens with one attached hydrogen (secondary N) is 2. The van der Waals surface area contributed by atoms with Gasteiger partial charge in [0.05, 0.1) is 6.04 Å². The SMILES string of the molecule is CC(=O)Nc1cccc(NC2CCN3CCc4c(n(Cc5ccccc5)c5ccccc45)C3C2)c1. The third-order valence-electron chi connectivity index (χ3n) is 7.54. The van der Waals surface area contributed by atoms with Gasteiger partial charge in [-0.1, -0.05) is 54.6 Å². The lowest BCUT2D eigenvalue weighted by atomic mass is 9.88. The first-order valence-corrected chi connectivity index (χ1v) is 12.7. The summed E-state index contributed by atoms with van der Waals surface area (Å²) >= 11 is 0. The predicted molar refractivity (Wildman–Crippen MR) is 143 cm³/mol. The number of aromatic nitrogens is 1. The summed E-state index contributed by atoms with van der Waals surface area (Å²) < 4.78 is 2.58. The maximum absolute atomic E-state index is 11.5. The number of anilines is 2. The van der Waals surface area contributed by atoms with Crippen LogP contribution in [-0.4, -0.2) is 34.5 Å². The molecule has 1 amide bonds. The number of carbonyl (C=O) groups is 1. The van der Waals surface area contributed by atoms with Gasteiger partial charge in [-0.25, -0.2) is 0 Å². The number of piperidine rings is 1. The summed E-state index contributed by atoms with van der Waals surface area (Å²) in [6.45, 7) is 4.67. The monoisotopic (exact) mass is 464 g/mol. The highest BCUT2D eigenvalue weighted by Crippen LogP contribution is 2.42. The molecule has 4 aromatic rings. The second kappa shape index (κ2) is 9.23. The number of hydrogen-bond acceptors (Lipinski definition) is 3. The van der Waals surface area contributed by atoms with Gasteiger partial charge in [-0.15, -0.1) is 0 Å². The number of fused-ring (bicyclic) bond motifs is 5. The third-order valence-corrected chi connectivity index (χ3v) is 7.54. The number of rotatable bonds is 5. The highest BCUT2D eigenvalue weighted by atomic mass is 16.1. The van der Waals surface area contributed by atoms with Crippen LogP contribution in [-0.2, 0) is 17.8 Å². The summed E-state index contributed by atoms with van der Waals surface area (Å²) in [4.78, 5) is 14.2. The van der Waals surface area contributed by atoms with Crippen molar-refractivity contribution in [1.82, 2.24) is 9.47 Å². The molecule has 1 aromatic heterocycles. The van der Waals surface area contributed by atoms with Crippen LogP contribution in [0.25, 0.3) is 10.9 Å². The van der Waals surface area contributed by atoms with Crippen LogP contribution in [0.2, 0.25) is 0 Å². The average molecular weight is 465 g/mol. The quantitative estimate of drug-likeness (QED) is 0.391. The van der Waals surface area contributed by atoms with Gasteiger partial charge in [0.2, 0.25) is 5.91 Å². The number of carbonyl (C=O) groups excluding carboxylic acids is 1. The Morgan fingerprint density at radius 3 is 2.60 bits per heavy atom. The summed E-state index contributed by atoms with van der Waals surface area (Å²) in [6.07, 6.45) is 3.31. The molecule has 2 unspecified atom stereocenters. The standard InChI is InChI=1S/C30H32N4O/c1-21(35)31-23-10-7-11-24(18-23)32-25-14-16-33-17-15-27-26-12-5-6-13-28(26)34(30(27)29(33)19-25)20-22-8-3-2-4-9-22/h2-13,18,25,29,32H,14-17,19-20H2,1H3,(H,31,35). The smallest absolute Gasteiger partial charge is 0.221 e. The maximum Gasteiger partial charge on any atom is 0.221 e. The van der Waals surface area contributed by atoms with Crippen LogP contribution in [0.5, 0.6) is 0 Å². The van der Waals surface area contributed by atoms with E-state index in [0.29, 0.717) is 12.1 Å². The molecule has 2 aliphatic heterocycles. The molecule has 6 rings (SSSR count). The van der Waals surface area contributed by atoms with Crippen LogP contribution in [0.3, 0.4) is 0 Å². The van der Waals surface area contributed by atoms with Crippen molar-refractivity contribution in [3.63, 3.8) is 0 Å². The zero-order valence-electron chi connectivity index (χ0n) is 20.2. The second-order valence-corrected chi connectivity index (χ2v) is 9.88. The zero-order chi connectivity index (χ0) is 23.8. The second-order valence-electron chi connectivity index (χ2n) is 9.88. The Bertz CT molecular complexity index is 1360. The van der Waals surface area contributed by atoms with E-state index in [0.717, 1.165) is 50.3 Å². The van der Waals surface area contributed by atoms with Crippen molar-refractivity contribution >= 4 is 28.2 Å². The Morgan fingerprint density at radius 2 is 1.74 bits per heavy atom. The summed E-state index contributed by atoms with van der Waals surface area (Å²) in [5, 5.41) is 8.08. The van der Waals surface area contributed by atoms with Gasteiger partial charge in [0.15, 0.2) is 0 Å². The van der Waals surface area contributed by atoms with Gasteiger partial charge >= 0.3 is 0 Å². The van der Waals surface area contributed by atoms with Crippen molar-refractivity contribution in [3.05, 3.63) is 95.7 Å². The van der Waals surface area contributed by atoms with E-state index in [1.807, 2.05) is 18.2 Å². The molecule has 5 nitrogen and oxygen atoms in total. The Morgan fingerprint density at radius 1 is 0.943 bits per heavy atom. The van der Waals surface area contributed by atoms with E-state index in [-0.39, 0.29) is 5.91 Å². The third kappa shape index (κ3) is 4.32. The molecule has 0 spiro atoms. The minimum absolute atomic E-state index is 0.0450. The van der Waals surface area contributed by atoms with E-state index in [9.17, 15) is 4.79 Å². The topological polar surface area (TPSA) is 49.3 Å². The highest BCUT2D eigenvalue weighted by Gasteiger charge is 2.37. The molecule has 0 bridgehead atoms. The Kier molecular flexibility index (Phi) is 5.78. The van der Waals surface area contributed by atoms with Gasteiger partial charge in [-0.2, -0.15) is 0 Å². The molecule has 35 heavy (non-hydrogen) atoms. The Hall–Kier alpha value is -3.57. The lowest BCUT2D eigenvalue weighted by Crippen LogP contribution is -2.45. The van der Waals surface area contributed by atoms with Crippen molar-refractivity contribution in [2.75, 3.05) is 23.7 Å². The van der Waals surface area contributed by atoms with Crippen molar-refractivity contribution in [3.8, 4) is 0 Å². The first kappa shape index (κ1) is 21.9. The molecule has 5 heteroatoms. The number of benzene rings is 3. The largest absolute Gasteiger partial charge is 0.382 e. The van der Waals surface area contributed by atoms with E-state index in [4.69, 9.17) is 0 Å². The van der Waals surface area contributed by atoms with Gasteiger partial charge in [0.25, 0.3) is 0 Å². The molecular formula is C30H32N4O. The van der Waals surface area contributed by atoms with Crippen molar-refractivity contribution in [2.45, 2.75) is 44.8 Å².